The van der Waals surface area contributed by atoms with E-state index < -0.39 is 0 Å². The van der Waals surface area contributed by atoms with Crippen LogP contribution in [0.2, 0.25) is 0 Å². The molecule has 7 rings (SSSR count). The second kappa shape index (κ2) is 16.2. The molecule has 48 heavy (non-hydrogen) atoms. The van der Waals surface area contributed by atoms with Crippen molar-refractivity contribution in [1.82, 2.24) is 9.55 Å². The SMILES string of the molecule is CN1[CH-]N(c2[c-]c(Oc3[c-]c(-c4[c-]c(-c5[c-]cccc5)ccn4)[c-]cc3)ccc2)c2cc(C(C)(C)C)ccc21.[C-]#Cn1cccc1.[Pt+4].[Pt]. The molecule has 0 fully saturated rings. The molecular weight excluding hydrogens is 955 g/mol. The van der Waals surface area contributed by atoms with Crippen LogP contribution in [0.4, 0.5) is 17.1 Å². The largest absolute Gasteiger partial charge is 4.00 e. The van der Waals surface area contributed by atoms with Crippen molar-refractivity contribution < 1.29 is 46.9 Å². The van der Waals surface area contributed by atoms with E-state index in [1.54, 1.807) is 23.2 Å². The van der Waals surface area contributed by atoms with Crippen LogP contribution in [0.25, 0.3) is 22.4 Å². The second-order valence-corrected chi connectivity index (χ2v) is 11.7. The molecule has 1 aliphatic rings. The third-order valence-corrected chi connectivity index (χ3v) is 7.38. The zero-order valence-corrected chi connectivity index (χ0v) is 31.3. The average molecular weight is 986 g/mol. The van der Waals surface area contributed by atoms with Gasteiger partial charge in [-0.3, -0.25) is 12.1 Å². The first-order chi connectivity index (χ1) is 22.3. The van der Waals surface area contributed by atoms with Gasteiger partial charge in [-0.2, -0.15) is 54.8 Å². The van der Waals surface area contributed by atoms with Crippen LogP contribution in [0.5, 0.6) is 11.5 Å². The topological polar surface area (TPSA) is 33.5 Å². The zero-order chi connectivity index (χ0) is 32.1. The minimum absolute atomic E-state index is 0. The number of nitrogens with zero attached hydrogens (tertiary/aromatic N) is 4. The third-order valence-electron chi connectivity index (χ3n) is 7.38. The Hall–Kier alpha value is -4.35. The first-order valence-corrected chi connectivity index (χ1v) is 14.9. The Kier molecular flexibility index (Phi) is 12.3. The summed E-state index contributed by atoms with van der Waals surface area (Å²) in [6, 6.07) is 48.4. The molecule has 0 atom stereocenters. The molecule has 0 radical (unpaired) electrons. The fraction of sp³-hybridized carbons (Fsp3) is 0.122. The van der Waals surface area contributed by atoms with Crippen LogP contribution in [0, 0.1) is 49.5 Å². The molecule has 0 saturated carbocycles. The van der Waals surface area contributed by atoms with Gasteiger partial charge in [0.15, 0.2) is 0 Å². The number of benzene rings is 4. The maximum atomic E-state index is 6.57. The van der Waals surface area contributed by atoms with Crippen LogP contribution >= 0.6 is 0 Å². The summed E-state index contributed by atoms with van der Waals surface area (Å²) in [6.07, 6.45) is 11.9. The molecule has 2 aromatic heterocycles. The first kappa shape index (κ1) is 36.5. The van der Waals surface area contributed by atoms with Crippen LogP contribution in [-0.2, 0) is 47.5 Å². The maximum Gasteiger partial charge on any atom is 4.00 e. The number of fused-ring (bicyclic) bond motifs is 1. The molecular formula is C41H31N4OPt2-3. The predicted octanol–water partition coefficient (Wildman–Crippen LogP) is 9.09. The average Bonchev–Trinajstić information content (AvgIpc) is 3.73. The molecule has 0 bridgehead atoms. The van der Waals surface area contributed by atoms with Gasteiger partial charge in [-0.15, -0.1) is 30.0 Å². The molecule has 0 N–H and O–H groups in total. The molecule has 0 unspecified atom stereocenters. The monoisotopic (exact) mass is 985 g/mol. The van der Waals surface area contributed by atoms with E-state index in [2.05, 4.69) is 104 Å². The van der Waals surface area contributed by atoms with E-state index in [1.165, 1.54) is 5.56 Å². The van der Waals surface area contributed by atoms with Crippen molar-refractivity contribution in [2.45, 2.75) is 26.2 Å². The number of rotatable bonds is 5. The van der Waals surface area contributed by atoms with Crippen LogP contribution in [-0.4, -0.2) is 16.6 Å². The van der Waals surface area contributed by atoms with Crippen LogP contribution in [0.1, 0.15) is 26.3 Å². The molecule has 5 nitrogen and oxygen atoms in total. The van der Waals surface area contributed by atoms with Crippen molar-refractivity contribution in [2.24, 2.45) is 0 Å². The van der Waals surface area contributed by atoms with Crippen LogP contribution in [0.15, 0.2) is 110 Å². The number of hydrogen-bond acceptors (Lipinski definition) is 4. The van der Waals surface area contributed by atoms with E-state index in [9.17, 15) is 0 Å². The van der Waals surface area contributed by atoms with Crippen LogP contribution in [0.3, 0.4) is 0 Å². The second-order valence-electron chi connectivity index (χ2n) is 11.7. The standard InChI is InChI=1S/C35H27N3O.C6H4N.2Pt/c1-35(2,3)28-16-17-33-34(22-28)38(24-37(33)4)29-13-9-15-31(23-29)39-30-14-8-12-27(20-30)32-21-26(18-19-36-32)25-10-6-5-7-11-25;1-2-7-5-3-4-6-7;;/h5-10,13-19,22,24H,1-4H3;3-6H;;/q-6;-1;;+4. The van der Waals surface area contributed by atoms with Gasteiger partial charge in [-0.05, 0) is 48.5 Å². The Balaban J connectivity index is 0.000000516. The summed E-state index contributed by atoms with van der Waals surface area (Å²) in [5.74, 6) is 1.16. The van der Waals surface area contributed by atoms with Crippen molar-refractivity contribution >= 4 is 17.1 Å². The molecule has 0 aliphatic carbocycles. The molecule has 0 spiro atoms. The van der Waals surface area contributed by atoms with Gasteiger partial charge < -0.3 is 42.1 Å². The van der Waals surface area contributed by atoms with Gasteiger partial charge in [0, 0.05) is 50.6 Å². The number of ether oxygens (including phenoxy) is 1. The predicted molar refractivity (Wildman–Crippen MR) is 183 cm³/mol. The fourth-order valence-corrected chi connectivity index (χ4v) is 4.96. The summed E-state index contributed by atoms with van der Waals surface area (Å²) in [5, 5.41) is 0. The van der Waals surface area contributed by atoms with Gasteiger partial charge in [0.25, 0.3) is 0 Å². The first-order valence-electron chi connectivity index (χ1n) is 14.9. The van der Waals surface area contributed by atoms with Gasteiger partial charge >= 0.3 is 21.1 Å². The fourth-order valence-electron chi connectivity index (χ4n) is 4.96. The smallest absolute Gasteiger partial charge is 0.669 e. The van der Waals surface area contributed by atoms with E-state index in [0.29, 0.717) is 22.8 Å². The Labute approximate surface area is 313 Å². The summed E-state index contributed by atoms with van der Waals surface area (Å²) in [4.78, 5) is 8.77. The van der Waals surface area contributed by atoms with Crippen molar-refractivity contribution in [3.8, 4) is 39.9 Å². The van der Waals surface area contributed by atoms with E-state index in [1.807, 2.05) is 72.8 Å². The summed E-state index contributed by atoms with van der Waals surface area (Å²) in [5.41, 5.74) is 7.71. The summed E-state index contributed by atoms with van der Waals surface area (Å²) in [6.45, 7) is 8.77. The van der Waals surface area contributed by atoms with Crippen LogP contribution < -0.4 is 14.5 Å². The van der Waals surface area contributed by atoms with Crippen molar-refractivity contribution in [3.63, 3.8) is 0 Å². The molecule has 244 valence electrons. The Morgan fingerprint density at radius 3 is 2.31 bits per heavy atom. The summed E-state index contributed by atoms with van der Waals surface area (Å²) < 4.78 is 7.76. The Morgan fingerprint density at radius 1 is 0.812 bits per heavy atom. The minimum Gasteiger partial charge on any atom is -0.669 e. The number of aromatic nitrogens is 2. The zero-order valence-electron chi connectivity index (χ0n) is 26.8. The van der Waals surface area contributed by atoms with E-state index in [0.717, 1.165) is 28.2 Å². The van der Waals surface area contributed by atoms with Gasteiger partial charge in [-0.25, -0.2) is 23.2 Å². The molecule has 1 aliphatic heterocycles. The van der Waals surface area contributed by atoms with E-state index >= 15 is 0 Å². The number of hydrogen-bond donors (Lipinski definition) is 0. The number of anilines is 3. The molecule has 7 heteroatoms. The summed E-state index contributed by atoms with van der Waals surface area (Å²) in [7, 11) is 2.06. The van der Waals surface area contributed by atoms with Crippen molar-refractivity contribution in [1.29, 1.82) is 0 Å². The maximum absolute atomic E-state index is 6.57. The molecule has 0 saturated heterocycles. The van der Waals surface area contributed by atoms with Gasteiger partial charge in [0.05, 0.1) is 0 Å². The minimum atomic E-state index is 0. The Morgan fingerprint density at radius 2 is 1.60 bits per heavy atom. The van der Waals surface area contributed by atoms with Crippen molar-refractivity contribution in [3.05, 3.63) is 159 Å². The number of pyridine rings is 1. The van der Waals surface area contributed by atoms with Gasteiger partial charge in [-0.1, -0.05) is 32.6 Å². The Bertz CT molecular complexity index is 1980. The molecule has 3 heterocycles. The molecule has 6 aromatic rings. The third kappa shape index (κ3) is 8.56. The summed E-state index contributed by atoms with van der Waals surface area (Å²) >= 11 is 0. The van der Waals surface area contributed by atoms with E-state index in [4.69, 9.17) is 11.2 Å². The molecule has 4 aromatic carbocycles. The normalized spacial score (nSPS) is 11.6. The van der Waals surface area contributed by atoms with Gasteiger partial charge in [0.1, 0.15) is 0 Å². The van der Waals surface area contributed by atoms with Gasteiger partial charge in [0.2, 0.25) is 0 Å². The van der Waals surface area contributed by atoms with Crippen molar-refractivity contribution in [2.75, 3.05) is 16.8 Å². The van der Waals surface area contributed by atoms with E-state index in [-0.39, 0.29) is 47.5 Å². The quantitative estimate of drug-likeness (QED) is 0.128. The molecule has 0 amide bonds.